The summed E-state index contributed by atoms with van der Waals surface area (Å²) in [4.78, 5) is 14.7. The molecule has 0 unspecified atom stereocenters. The monoisotopic (exact) mass is 540 g/mol. The molecule has 5 rings (SSSR count). The van der Waals surface area contributed by atoms with Crippen molar-refractivity contribution in [1.29, 1.82) is 0 Å². The van der Waals surface area contributed by atoms with Gasteiger partial charge in [-0.3, -0.25) is 0 Å². The van der Waals surface area contributed by atoms with Gasteiger partial charge in [0.2, 0.25) is 5.95 Å². The van der Waals surface area contributed by atoms with Gasteiger partial charge >= 0.3 is 0 Å². The fraction of sp³-hybridized carbons (Fsp3) is 0.621. The SMILES string of the molecule is C[C@@H]1CCCN(c2cc(N3CCCC[C@@H]3C)nc(NC(=S)NCC3(c4ccc(F)cc4)CCOCC3)n2)C1. The van der Waals surface area contributed by atoms with Crippen molar-refractivity contribution < 1.29 is 9.13 Å². The number of thiocarbonyl (C=S) groups is 1. The summed E-state index contributed by atoms with van der Waals surface area (Å²) in [5.74, 6) is 2.90. The minimum atomic E-state index is -0.222. The van der Waals surface area contributed by atoms with E-state index >= 15 is 0 Å². The maximum absolute atomic E-state index is 13.6. The lowest BCUT2D eigenvalue weighted by molar-refractivity contribution is 0.0515. The molecule has 2 atom stereocenters. The van der Waals surface area contributed by atoms with E-state index in [4.69, 9.17) is 26.9 Å². The first-order valence-electron chi connectivity index (χ1n) is 14.2. The van der Waals surface area contributed by atoms with Gasteiger partial charge in [-0.2, -0.15) is 9.97 Å². The first kappa shape index (κ1) is 27.1. The summed E-state index contributed by atoms with van der Waals surface area (Å²) in [5.41, 5.74) is 0.940. The average molecular weight is 541 g/mol. The lowest BCUT2D eigenvalue weighted by Crippen LogP contribution is -2.45. The summed E-state index contributed by atoms with van der Waals surface area (Å²) in [6, 6.07) is 9.45. The highest BCUT2D eigenvalue weighted by Crippen LogP contribution is 2.35. The smallest absolute Gasteiger partial charge is 0.232 e. The quantitative estimate of drug-likeness (QED) is 0.481. The van der Waals surface area contributed by atoms with Crippen molar-refractivity contribution in [3.05, 3.63) is 41.7 Å². The van der Waals surface area contributed by atoms with Gasteiger partial charge in [0.15, 0.2) is 5.11 Å². The van der Waals surface area contributed by atoms with Gasteiger partial charge in [0.25, 0.3) is 0 Å². The molecule has 9 heteroatoms. The molecule has 38 heavy (non-hydrogen) atoms. The number of nitrogens with one attached hydrogen (secondary N) is 2. The van der Waals surface area contributed by atoms with Crippen molar-refractivity contribution in [1.82, 2.24) is 15.3 Å². The zero-order valence-corrected chi connectivity index (χ0v) is 23.5. The van der Waals surface area contributed by atoms with E-state index in [1.54, 1.807) is 0 Å². The first-order valence-corrected chi connectivity index (χ1v) is 14.6. The maximum atomic E-state index is 13.6. The minimum Gasteiger partial charge on any atom is -0.381 e. The summed E-state index contributed by atoms with van der Waals surface area (Å²) in [7, 11) is 0. The van der Waals surface area contributed by atoms with E-state index in [0.717, 1.165) is 49.7 Å². The van der Waals surface area contributed by atoms with Crippen LogP contribution < -0.4 is 20.4 Å². The predicted octanol–water partition coefficient (Wildman–Crippen LogP) is 5.27. The minimum absolute atomic E-state index is 0.168. The highest BCUT2D eigenvalue weighted by atomic mass is 32.1. The molecule has 0 radical (unpaired) electrons. The second kappa shape index (κ2) is 12.1. The third-order valence-electron chi connectivity index (χ3n) is 8.50. The van der Waals surface area contributed by atoms with Crippen LogP contribution in [0.2, 0.25) is 0 Å². The maximum Gasteiger partial charge on any atom is 0.232 e. The van der Waals surface area contributed by atoms with Crippen LogP contribution in [0, 0.1) is 11.7 Å². The molecule has 3 fully saturated rings. The highest BCUT2D eigenvalue weighted by Gasteiger charge is 2.35. The largest absolute Gasteiger partial charge is 0.381 e. The molecular formula is C29H41FN6OS. The number of hydrogen-bond donors (Lipinski definition) is 2. The molecule has 206 valence electrons. The Labute approximate surface area is 231 Å². The van der Waals surface area contributed by atoms with Crippen molar-refractivity contribution in [2.45, 2.75) is 70.3 Å². The standard InChI is InChI=1S/C29H41FN6OS/c1-21-6-5-14-35(19-21)25-18-26(36-15-4-3-7-22(36)2)33-27(32-25)34-28(38)31-20-29(12-16-37-17-13-29)23-8-10-24(30)11-9-23/h8-11,18,21-22H,3-7,12-17,19-20H2,1-2H3,(H2,31,32,33,34,38)/t21-,22+/m1/s1. The van der Waals surface area contributed by atoms with E-state index in [1.165, 1.54) is 44.2 Å². The number of anilines is 3. The van der Waals surface area contributed by atoms with E-state index in [2.05, 4.69) is 40.3 Å². The van der Waals surface area contributed by atoms with Crippen LogP contribution >= 0.6 is 12.2 Å². The van der Waals surface area contributed by atoms with Gasteiger partial charge in [-0.1, -0.05) is 19.1 Å². The van der Waals surface area contributed by atoms with E-state index < -0.39 is 0 Å². The summed E-state index contributed by atoms with van der Waals surface area (Å²) < 4.78 is 19.3. The Morgan fingerprint density at radius 3 is 2.55 bits per heavy atom. The Hall–Kier alpha value is -2.52. The van der Waals surface area contributed by atoms with Crippen molar-refractivity contribution >= 4 is 34.9 Å². The highest BCUT2D eigenvalue weighted by molar-refractivity contribution is 7.80. The Morgan fingerprint density at radius 1 is 1.05 bits per heavy atom. The normalized spacial score (nSPS) is 23.7. The van der Waals surface area contributed by atoms with Crippen molar-refractivity contribution in [3.8, 4) is 0 Å². The third kappa shape index (κ3) is 6.37. The van der Waals surface area contributed by atoms with Crippen LogP contribution in [0.4, 0.5) is 22.0 Å². The molecule has 1 aromatic carbocycles. The van der Waals surface area contributed by atoms with Crippen LogP contribution in [0.1, 0.15) is 64.4 Å². The van der Waals surface area contributed by atoms with Crippen LogP contribution in [-0.4, -0.2) is 60.5 Å². The van der Waals surface area contributed by atoms with Crippen LogP contribution in [-0.2, 0) is 10.2 Å². The number of rotatable bonds is 6. The van der Waals surface area contributed by atoms with Gasteiger partial charge in [0.05, 0.1) is 0 Å². The first-order chi connectivity index (χ1) is 18.4. The van der Waals surface area contributed by atoms with Crippen molar-refractivity contribution in [3.63, 3.8) is 0 Å². The molecule has 7 nitrogen and oxygen atoms in total. The third-order valence-corrected chi connectivity index (χ3v) is 8.74. The van der Waals surface area contributed by atoms with Crippen molar-refractivity contribution in [2.24, 2.45) is 5.92 Å². The molecule has 0 spiro atoms. The van der Waals surface area contributed by atoms with Gasteiger partial charge in [0, 0.05) is 56.9 Å². The van der Waals surface area contributed by atoms with Crippen LogP contribution in [0.3, 0.4) is 0 Å². The Morgan fingerprint density at radius 2 is 1.82 bits per heavy atom. The average Bonchev–Trinajstić information content (AvgIpc) is 2.93. The van der Waals surface area contributed by atoms with E-state index in [-0.39, 0.29) is 11.2 Å². The molecule has 1 aromatic heterocycles. The summed E-state index contributed by atoms with van der Waals surface area (Å²) in [6.07, 6.45) is 7.77. The fourth-order valence-electron chi connectivity index (χ4n) is 6.15. The molecule has 3 saturated heterocycles. The summed E-state index contributed by atoms with van der Waals surface area (Å²) in [5, 5.41) is 7.23. The molecule has 3 aliphatic rings. The second-order valence-electron chi connectivity index (χ2n) is 11.3. The number of piperidine rings is 2. The Balaban J connectivity index is 1.34. The molecule has 0 saturated carbocycles. The lowest BCUT2D eigenvalue weighted by atomic mass is 9.74. The fourth-order valence-corrected chi connectivity index (χ4v) is 6.31. The Bertz CT molecular complexity index is 1090. The number of aromatic nitrogens is 2. The van der Waals surface area contributed by atoms with E-state index in [9.17, 15) is 4.39 Å². The molecule has 0 amide bonds. The van der Waals surface area contributed by atoms with Crippen LogP contribution in [0.25, 0.3) is 0 Å². The van der Waals surface area contributed by atoms with E-state index in [1.807, 2.05) is 12.1 Å². The van der Waals surface area contributed by atoms with Crippen molar-refractivity contribution in [2.75, 3.05) is 54.5 Å². The van der Waals surface area contributed by atoms with Crippen LogP contribution in [0.15, 0.2) is 30.3 Å². The van der Waals surface area contributed by atoms with Gasteiger partial charge < -0.3 is 25.2 Å². The molecule has 0 bridgehead atoms. The number of halogens is 1. The lowest BCUT2D eigenvalue weighted by Gasteiger charge is -2.38. The number of ether oxygens (including phenoxy) is 1. The molecule has 4 heterocycles. The summed E-state index contributed by atoms with van der Waals surface area (Å²) >= 11 is 5.75. The number of hydrogen-bond acceptors (Lipinski definition) is 6. The van der Waals surface area contributed by atoms with E-state index in [0.29, 0.717) is 42.8 Å². The zero-order valence-electron chi connectivity index (χ0n) is 22.7. The summed E-state index contributed by atoms with van der Waals surface area (Å²) in [6.45, 7) is 9.62. The second-order valence-corrected chi connectivity index (χ2v) is 11.8. The van der Waals surface area contributed by atoms with Gasteiger partial charge in [-0.15, -0.1) is 0 Å². The van der Waals surface area contributed by atoms with Gasteiger partial charge in [-0.25, -0.2) is 4.39 Å². The number of benzene rings is 1. The zero-order chi connectivity index (χ0) is 26.5. The molecule has 3 aliphatic heterocycles. The van der Waals surface area contributed by atoms with Crippen LogP contribution in [0.5, 0.6) is 0 Å². The molecule has 0 aliphatic carbocycles. The topological polar surface area (TPSA) is 65.5 Å². The van der Waals surface area contributed by atoms with Gasteiger partial charge in [-0.05, 0) is 87.7 Å². The molecule has 2 N–H and O–H groups in total. The number of nitrogens with zero attached hydrogens (tertiary/aromatic N) is 4. The molecular weight excluding hydrogens is 499 g/mol. The molecule has 2 aromatic rings. The Kier molecular flexibility index (Phi) is 8.63. The van der Waals surface area contributed by atoms with Gasteiger partial charge in [0.1, 0.15) is 17.5 Å². The predicted molar refractivity (Wildman–Crippen MR) is 156 cm³/mol.